The summed E-state index contributed by atoms with van der Waals surface area (Å²) >= 11 is 0. The molecule has 5 heterocycles. The van der Waals surface area contributed by atoms with E-state index in [4.69, 9.17) is 55.0 Å². The topological polar surface area (TPSA) is 233 Å². The van der Waals surface area contributed by atoms with Gasteiger partial charge < -0.3 is 8.83 Å². The van der Waals surface area contributed by atoms with Crippen molar-refractivity contribution in [2.75, 3.05) is 0 Å². The molecule has 0 atom stereocenters. The largest absolute Gasteiger partial charge is 0.447 e. The molecule has 14 heteroatoms. The molecule has 0 radical (unpaired) electrons. The minimum atomic E-state index is -4.94. The van der Waals surface area contributed by atoms with E-state index in [2.05, 4.69) is 0 Å². The first kappa shape index (κ1) is 23.8. The van der Waals surface area contributed by atoms with Gasteiger partial charge >= 0.3 is 23.1 Å². The van der Waals surface area contributed by atoms with E-state index >= 15 is 0 Å². The Morgan fingerprint density at radius 3 is 2.03 bits per heavy atom. The van der Waals surface area contributed by atoms with Crippen molar-refractivity contribution in [3.05, 3.63) is 82.8 Å². The van der Waals surface area contributed by atoms with E-state index in [-0.39, 0.29) is 0 Å². The number of ketones is 2. The summed E-state index contributed by atoms with van der Waals surface area (Å²) in [7, 11) is -9.89. The van der Waals surface area contributed by atoms with Gasteiger partial charge in [0, 0.05) is 6.08 Å². The number of rotatable bonds is 0. The summed E-state index contributed by atoms with van der Waals surface area (Å²) in [6.07, 6.45) is 11.2. The Labute approximate surface area is 182 Å². The third-order valence-corrected chi connectivity index (χ3v) is 3.56. The number of halogens is 2. The van der Waals surface area contributed by atoms with Crippen LogP contribution in [0.3, 0.4) is 0 Å². The highest BCUT2D eigenvalue weighted by Crippen LogP contribution is 2.18. The molecule has 0 N–H and O–H groups in total. The highest BCUT2D eigenvalue weighted by molar-refractivity contribution is 6.06. The van der Waals surface area contributed by atoms with E-state index in [0.29, 0.717) is 45.4 Å². The zero-order valence-corrected chi connectivity index (χ0v) is 16.9. The molecule has 3 aliphatic rings. The highest BCUT2D eigenvalue weighted by atomic mass is 35.7. The Morgan fingerprint density at radius 1 is 0.656 bits per heavy atom. The van der Waals surface area contributed by atoms with Crippen LogP contribution in [0.4, 0.5) is 0 Å². The molecule has 2 aromatic heterocycles. The second kappa shape index (κ2) is 9.32. The predicted molar refractivity (Wildman–Crippen MR) is 79.3 cm³/mol. The molecular formula is C18H10Cl2O12. The Morgan fingerprint density at radius 2 is 1.34 bits per heavy atom. The normalized spacial score (nSPS) is 16.0. The van der Waals surface area contributed by atoms with Crippen LogP contribution in [0.15, 0.2) is 69.2 Å². The number of carbonyl (C=O) groups excluding carboxylic acids is 2. The second-order valence-corrected chi connectivity index (χ2v) is 7.36. The van der Waals surface area contributed by atoms with E-state index in [1.807, 2.05) is 60.7 Å². The molecule has 0 aliphatic carbocycles. The van der Waals surface area contributed by atoms with Crippen molar-refractivity contribution < 1.29 is 75.4 Å². The van der Waals surface area contributed by atoms with E-state index in [1.165, 1.54) is 0 Å². The molecule has 0 unspecified atom stereocenters. The molecule has 3 aliphatic heterocycles. The molecule has 0 fully saturated rings. The highest BCUT2D eigenvalue weighted by Gasteiger charge is 2.29. The van der Waals surface area contributed by atoms with Gasteiger partial charge in [0.05, 0.1) is 24.3 Å². The molecule has 168 valence electrons. The first-order valence-electron chi connectivity index (χ1n) is 8.16. The van der Waals surface area contributed by atoms with E-state index in [0.717, 1.165) is 0 Å². The number of hydrogen-bond acceptors (Lipinski definition) is 10. The van der Waals surface area contributed by atoms with Crippen molar-refractivity contribution in [2.45, 2.75) is 0 Å². The SMILES string of the molecule is C1=CC2=[O+]C1=CC1=[O+]C(=c3ccc(o3)=Cc3ccc2o3)C=C1.[O-][Cl+3]([O-])([O-])[O-].[O-][Cl+3]([O-])([O-])[O-]. The van der Waals surface area contributed by atoms with Crippen molar-refractivity contribution in [1.82, 2.24) is 0 Å². The quantitative estimate of drug-likeness (QED) is 0.317. The first-order chi connectivity index (χ1) is 14.8. The van der Waals surface area contributed by atoms with Gasteiger partial charge in [0.25, 0.3) is 0 Å². The third kappa shape index (κ3) is 7.67. The standard InChI is InChI=1S/C18H10O4.2ClHO4/c1-5-15-16-6-3-13(21-16)10-14-4-8-18(22-14)17-7-2-12(20-17)9-11(1)19-15;2*2-1(3,4)5/h1-10H;2*(H,2,3,4,5)/q+2;;/p-2. The van der Waals surface area contributed by atoms with Crippen molar-refractivity contribution in [1.29, 1.82) is 0 Å². The van der Waals surface area contributed by atoms with E-state index in [9.17, 15) is 0 Å². The van der Waals surface area contributed by atoms with Crippen LogP contribution in [0.5, 0.6) is 0 Å². The Balaban J connectivity index is 0.000000246. The lowest BCUT2D eigenvalue weighted by Gasteiger charge is -2.17. The summed E-state index contributed by atoms with van der Waals surface area (Å²) in [6, 6.07) is 7.52. The maximum atomic E-state index is 8.49. The Hall–Kier alpha value is -2.88. The smallest absolute Gasteiger partial charge is 0.395 e. The number of allylic oxidation sites excluding steroid dienone is 4. The van der Waals surface area contributed by atoms with Gasteiger partial charge in [-0.05, 0) is 24.3 Å². The summed E-state index contributed by atoms with van der Waals surface area (Å²) in [5, 5.41) is 0. The summed E-state index contributed by atoms with van der Waals surface area (Å²) in [4.78, 5) is 0. The number of furan rings is 2. The number of fused-ring (bicyclic) bond motifs is 7. The van der Waals surface area contributed by atoms with E-state index in [1.54, 1.807) is 0 Å². The average molecular weight is 489 g/mol. The van der Waals surface area contributed by atoms with Gasteiger partial charge in [-0.25, -0.2) is 46.1 Å². The van der Waals surface area contributed by atoms with E-state index < -0.39 is 20.5 Å². The number of hydrogen-bond donors (Lipinski definition) is 0. The van der Waals surface area contributed by atoms with Crippen LogP contribution in [-0.4, -0.2) is 11.6 Å². The summed E-state index contributed by atoms with van der Waals surface area (Å²) in [5.74, 6) is 4.14. The van der Waals surface area contributed by atoms with Gasteiger partial charge in [-0.1, -0.05) is 0 Å². The van der Waals surface area contributed by atoms with Crippen LogP contribution in [0.1, 0.15) is 15.9 Å². The van der Waals surface area contributed by atoms with Gasteiger partial charge in [0.15, 0.2) is 0 Å². The lowest BCUT2D eigenvalue weighted by Crippen LogP contribution is -2.68. The van der Waals surface area contributed by atoms with Crippen LogP contribution in [0, 0.1) is 20.5 Å². The monoisotopic (exact) mass is 488 g/mol. The summed E-state index contributed by atoms with van der Waals surface area (Å²) < 4.78 is 91.1. The van der Waals surface area contributed by atoms with Gasteiger partial charge in [-0.2, -0.15) is 0 Å². The molecule has 0 amide bonds. The molecule has 32 heavy (non-hydrogen) atoms. The molecule has 0 spiro atoms. The van der Waals surface area contributed by atoms with Gasteiger partial charge in [-0.3, -0.25) is 0 Å². The lowest BCUT2D eigenvalue weighted by atomic mass is 10.3. The molecule has 0 saturated heterocycles. The van der Waals surface area contributed by atoms with Crippen LogP contribution in [0.25, 0.3) is 11.8 Å². The fourth-order valence-electron chi connectivity index (χ4n) is 2.53. The molecular weight excluding hydrogens is 479 g/mol. The van der Waals surface area contributed by atoms with Gasteiger partial charge in [0.2, 0.25) is 11.2 Å². The zero-order chi connectivity index (χ0) is 23.5. The van der Waals surface area contributed by atoms with Crippen molar-refractivity contribution in [2.24, 2.45) is 0 Å². The minimum Gasteiger partial charge on any atom is -0.447 e. The summed E-state index contributed by atoms with van der Waals surface area (Å²) in [5.41, 5.74) is 1.38. The van der Waals surface area contributed by atoms with Crippen molar-refractivity contribution in [3.63, 3.8) is 0 Å². The predicted octanol–water partition coefficient (Wildman–Crippen LogP) is -7.84. The van der Waals surface area contributed by atoms with Gasteiger partial charge in [-0.15, -0.1) is 20.5 Å². The maximum Gasteiger partial charge on any atom is 0.395 e. The minimum absolute atomic E-state index is 0.676. The molecule has 12 nitrogen and oxygen atoms in total. The molecule has 8 bridgehead atoms. The molecule has 5 rings (SSSR count). The maximum absolute atomic E-state index is 8.49. The van der Waals surface area contributed by atoms with Crippen molar-refractivity contribution in [3.8, 4) is 0 Å². The lowest BCUT2D eigenvalue weighted by molar-refractivity contribution is -2.00. The van der Waals surface area contributed by atoms with Crippen LogP contribution >= 0.6 is 0 Å². The fraction of sp³-hybridized carbons (Fsp3) is 0. The first-order valence-corrected chi connectivity index (χ1v) is 10.6. The Kier molecular flexibility index (Phi) is 6.92. The van der Waals surface area contributed by atoms with Gasteiger partial charge in [0.1, 0.15) is 17.3 Å². The Bertz CT molecular complexity index is 1240. The van der Waals surface area contributed by atoms with Crippen LogP contribution < -0.4 is 48.1 Å². The average Bonchev–Trinajstić information content (AvgIpc) is 3.38. The van der Waals surface area contributed by atoms with Crippen LogP contribution in [0.2, 0.25) is 0 Å². The zero-order valence-electron chi connectivity index (χ0n) is 15.4. The fourth-order valence-corrected chi connectivity index (χ4v) is 2.53. The molecule has 2 aromatic rings. The summed E-state index contributed by atoms with van der Waals surface area (Å²) in [6.45, 7) is 0. The van der Waals surface area contributed by atoms with Crippen LogP contribution in [-0.2, 0) is 4.42 Å². The second-order valence-electron chi connectivity index (χ2n) is 5.85. The van der Waals surface area contributed by atoms with Crippen molar-refractivity contribution >= 4 is 23.4 Å². The molecule has 0 saturated carbocycles. The molecule has 0 aromatic carbocycles. The third-order valence-electron chi connectivity index (χ3n) is 3.56.